The molecular weight excluding hydrogens is 371 g/mol. The predicted molar refractivity (Wildman–Crippen MR) is 101 cm³/mol. The summed E-state index contributed by atoms with van der Waals surface area (Å²) in [5.41, 5.74) is 6.80. The largest absolute Gasteiger partial charge is 0.354 e. The molecule has 140 valence electrons. The van der Waals surface area contributed by atoms with Gasteiger partial charge in [-0.25, -0.2) is 14.4 Å². The number of aromatic amines is 1. The van der Waals surface area contributed by atoms with Crippen LogP contribution in [-0.2, 0) is 0 Å². The summed E-state index contributed by atoms with van der Waals surface area (Å²) >= 11 is 6.25. The van der Waals surface area contributed by atoms with Gasteiger partial charge in [-0.2, -0.15) is 0 Å². The van der Waals surface area contributed by atoms with Crippen LogP contribution in [0.4, 0.5) is 10.2 Å². The molecule has 1 atom stereocenters. The molecule has 1 aliphatic heterocycles. The molecule has 1 amide bonds. The maximum atomic E-state index is 13.3. The lowest BCUT2D eigenvalue weighted by Gasteiger charge is -2.25. The Morgan fingerprint density at radius 1 is 1.44 bits per heavy atom. The summed E-state index contributed by atoms with van der Waals surface area (Å²) in [6, 6.07) is 5.56. The van der Waals surface area contributed by atoms with Crippen LogP contribution in [-0.4, -0.2) is 46.0 Å². The SMILES string of the molecule is N[C@]1(CNC(=O)c2cccc(F)c2)CCN(c2ncnc3[nH]cc(Cl)c23)C1. The smallest absolute Gasteiger partial charge is 0.251 e. The number of carbonyl (C=O) groups is 1. The second-order valence-corrected chi connectivity index (χ2v) is 7.19. The van der Waals surface area contributed by atoms with Crippen LogP contribution >= 0.6 is 11.6 Å². The normalized spacial score (nSPS) is 19.6. The lowest BCUT2D eigenvalue weighted by atomic mass is 10.00. The van der Waals surface area contributed by atoms with Gasteiger partial charge in [0, 0.05) is 31.4 Å². The van der Waals surface area contributed by atoms with Crippen molar-refractivity contribution in [2.45, 2.75) is 12.0 Å². The molecule has 1 aromatic carbocycles. The van der Waals surface area contributed by atoms with Crippen molar-refractivity contribution >= 4 is 34.4 Å². The molecule has 4 N–H and O–H groups in total. The summed E-state index contributed by atoms with van der Waals surface area (Å²) < 4.78 is 13.3. The number of anilines is 1. The second kappa shape index (κ2) is 6.79. The van der Waals surface area contributed by atoms with E-state index in [1.807, 2.05) is 4.90 Å². The summed E-state index contributed by atoms with van der Waals surface area (Å²) in [6.45, 7) is 1.46. The minimum Gasteiger partial charge on any atom is -0.354 e. The number of halogens is 2. The van der Waals surface area contributed by atoms with Crippen molar-refractivity contribution in [3.8, 4) is 0 Å². The van der Waals surface area contributed by atoms with E-state index in [4.69, 9.17) is 17.3 Å². The summed E-state index contributed by atoms with van der Waals surface area (Å²) in [4.78, 5) is 25.8. The first-order chi connectivity index (χ1) is 13.0. The van der Waals surface area contributed by atoms with Crippen molar-refractivity contribution < 1.29 is 9.18 Å². The van der Waals surface area contributed by atoms with E-state index in [1.54, 1.807) is 12.3 Å². The maximum absolute atomic E-state index is 13.3. The molecule has 1 fully saturated rings. The highest BCUT2D eigenvalue weighted by atomic mass is 35.5. The molecule has 0 unspecified atom stereocenters. The lowest BCUT2D eigenvalue weighted by molar-refractivity contribution is 0.0944. The third kappa shape index (κ3) is 3.45. The van der Waals surface area contributed by atoms with Gasteiger partial charge in [0.1, 0.15) is 23.6 Å². The van der Waals surface area contributed by atoms with Crippen LogP contribution in [0.5, 0.6) is 0 Å². The Morgan fingerprint density at radius 3 is 3.11 bits per heavy atom. The Morgan fingerprint density at radius 2 is 2.30 bits per heavy atom. The molecule has 0 bridgehead atoms. The van der Waals surface area contributed by atoms with E-state index < -0.39 is 11.4 Å². The number of rotatable bonds is 4. The monoisotopic (exact) mass is 388 g/mol. The third-order valence-corrected chi connectivity index (χ3v) is 5.07. The van der Waals surface area contributed by atoms with E-state index in [2.05, 4.69) is 20.3 Å². The Labute approximate surface area is 159 Å². The zero-order valence-corrected chi connectivity index (χ0v) is 15.1. The Bertz CT molecular complexity index is 1010. The fourth-order valence-corrected chi connectivity index (χ4v) is 3.59. The number of nitrogens with zero attached hydrogens (tertiary/aromatic N) is 3. The van der Waals surface area contributed by atoms with Crippen molar-refractivity contribution in [1.29, 1.82) is 0 Å². The molecule has 7 nitrogen and oxygen atoms in total. The van der Waals surface area contributed by atoms with Gasteiger partial charge in [-0.3, -0.25) is 4.79 Å². The van der Waals surface area contributed by atoms with E-state index in [-0.39, 0.29) is 18.0 Å². The zero-order chi connectivity index (χ0) is 19.0. The molecular formula is C18H18ClFN6O. The highest BCUT2D eigenvalue weighted by Gasteiger charge is 2.36. The Balaban J connectivity index is 1.46. The zero-order valence-electron chi connectivity index (χ0n) is 14.4. The predicted octanol–water partition coefficient (Wildman–Crippen LogP) is 2.09. The van der Waals surface area contributed by atoms with E-state index in [1.165, 1.54) is 24.5 Å². The number of aromatic nitrogens is 3. The number of carbonyl (C=O) groups excluding carboxylic acids is 1. The van der Waals surface area contributed by atoms with Gasteiger partial charge in [0.05, 0.1) is 15.9 Å². The fourth-order valence-electron chi connectivity index (χ4n) is 3.36. The van der Waals surface area contributed by atoms with Crippen LogP contribution in [0.15, 0.2) is 36.8 Å². The van der Waals surface area contributed by atoms with Crippen LogP contribution in [0, 0.1) is 5.82 Å². The number of nitrogens with two attached hydrogens (primary N) is 1. The number of H-pyrrole nitrogens is 1. The minimum absolute atomic E-state index is 0.269. The van der Waals surface area contributed by atoms with E-state index in [0.717, 1.165) is 11.2 Å². The number of hydrogen-bond acceptors (Lipinski definition) is 5. The van der Waals surface area contributed by atoms with Gasteiger partial charge in [0.15, 0.2) is 0 Å². The molecule has 0 radical (unpaired) electrons. The Hall–Kier alpha value is -2.71. The van der Waals surface area contributed by atoms with Gasteiger partial charge >= 0.3 is 0 Å². The molecule has 0 saturated carbocycles. The van der Waals surface area contributed by atoms with Crippen LogP contribution in [0.3, 0.4) is 0 Å². The average Bonchev–Trinajstić information content (AvgIpc) is 3.24. The summed E-state index contributed by atoms with van der Waals surface area (Å²) in [7, 11) is 0. The Kier molecular flexibility index (Phi) is 4.45. The van der Waals surface area contributed by atoms with E-state index >= 15 is 0 Å². The summed E-state index contributed by atoms with van der Waals surface area (Å²) in [5, 5.41) is 4.11. The minimum atomic E-state index is -0.622. The molecule has 27 heavy (non-hydrogen) atoms. The number of hydrogen-bond donors (Lipinski definition) is 3. The van der Waals surface area contributed by atoms with Crippen LogP contribution in [0.25, 0.3) is 11.0 Å². The van der Waals surface area contributed by atoms with E-state index in [9.17, 15) is 9.18 Å². The van der Waals surface area contributed by atoms with Crippen molar-refractivity contribution in [3.63, 3.8) is 0 Å². The van der Waals surface area contributed by atoms with Gasteiger partial charge in [-0.15, -0.1) is 0 Å². The number of fused-ring (bicyclic) bond motifs is 1. The molecule has 2 aromatic heterocycles. The second-order valence-electron chi connectivity index (χ2n) is 6.78. The van der Waals surface area contributed by atoms with Crippen molar-refractivity contribution in [3.05, 3.63) is 53.2 Å². The molecule has 0 spiro atoms. The fraction of sp³-hybridized carbons (Fsp3) is 0.278. The van der Waals surface area contributed by atoms with Gasteiger partial charge in [0.25, 0.3) is 5.91 Å². The van der Waals surface area contributed by atoms with Crippen molar-refractivity contribution in [2.75, 3.05) is 24.5 Å². The van der Waals surface area contributed by atoms with Gasteiger partial charge < -0.3 is 20.9 Å². The first-order valence-electron chi connectivity index (χ1n) is 8.50. The lowest BCUT2D eigenvalue weighted by Crippen LogP contribution is -2.52. The number of benzene rings is 1. The molecule has 0 aliphatic carbocycles. The summed E-state index contributed by atoms with van der Waals surface area (Å²) in [6.07, 6.45) is 3.83. The van der Waals surface area contributed by atoms with Crippen LogP contribution < -0.4 is 16.0 Å². The molecule has 4 rings (SSSR count). The molecule has 9 heteroatoms. The average molecular weight is 389 g/mol. The maximum Gasteiger partial charge on any atom is 0.251 e. The van der Waals surface area contributed by atoms with Gasteiger partial charge in [-0.05, 0) is 24.6 Å². The first kappa shape index (κ1) is 17.7. The van der Waals surface area contributed by atoms with Crippen molar-refractivity contribution in [2.24, 2.45) is 5.73 Å². The van der Waals surface area contributed by atoms with Crippen LogP contribution in [0.2, 0.25) is 5.02 Å². The topological polar surface area (TPSA) is 99.9 Å². The van der Waals surface area contributed by atoms with Crippen molar-refractivity contribution in [1.82, 2.24) is 20.3 Å². The highest BCUT2D eigenvalue weighted by molar-refractivity contribution is 6.36. The highest BCUT2D eigenvalue weighted by Crippen LogP contribution is 2.32. The number of nitrogens with one attached hydrogen (secondary N) is 2. The molecule has 3 heterocycles. The standard InChI is InChI=1S/C18H18ClFN6O/c19-13-7-22-15-14(13)16(25-10-24-15)26-5-4-18(21,9-26)8-23-17(27)11-2-1-3-12(20)6-11/h1-3,6-7,10H,4-5,8-9,21H2,(H,23,27)(H,22,24,25)/t18-/m0/s1. The molecule has 1 saturated heterocycles. The molecule has 1 aliphatic rings. The van der Waals surface area contributed by atoms with Gasteiger partial charge in [-0.1, -0.05) is 17.7 Å². The number of amides is 1. The summed E-state index contributed by atoms with van der Waals surface area (Å²) in [5.74, 6) is -0.0841. The van der Waals surface area contributed by atoms with Gasteiger partial charge in [0.2, 0.25) is 0 Å². The quantitative estimate of drug-likeness (QED) is 0.635. The first-order valence-corrected chi connectivity index (χ1v) is 8.88. The third-order valence-electron chi connectivity index (χ3n) is 4.77. The van der Waals surface area contributed by atoms with Crippen LogP contribution in [0.1, 0.15) is 16.8 Å². The molecule has 3 aromatic rings. The van der Waals surface area contributed by atoms with E-state index in [0.29, 0.717) is 30.2 Å².